The number of rotatable bonds is 5. The average Bonchev–Trinajstić information content (AvgIpc) is 3.24. The molecule has 1 heterocycles. The lowest BCUT2D eigenvalue weighted by molar-refractivity contribution is 0.0520. The second kappa shape index (κ2) is 10.4. The van der Waals surface area contributed by atoms with Crippen LogP contribution >= 0.6 is 22.9 Å². The van der Waals surface area contributed by atoms with Crippen LogP contribution in [-0.4, -0.2) is 29.6 Å². The summed E-state index contributed by atoms with van der Waals surface area (Å²) in [5.74, 6) is -0.628. The van der Waals surface area contributed by atoms with Crippen molar-refractivity contribution in [2.45, 2.75) is 6.92 Å². The van der Waals surface area contributed by atoms with Crippen LogP contribution in [0.1, 0.15) is 17.4 Å². The maximum Gasteiger partial charge on any atom is 0.357 e. The normalized spacial score (nSPS) is 10.1. The first-order valence-corrected chi connectivity index (χ1v) is 10.3. The second-order valence-corrected chi connectivity index (χ2v) is 7.21. The number of carbonyl (C=O) groups is 3. The van der Waals surface area contributed by atoms with Crippen molar-refractivity contribution in [1.82, 2.24) is 10.4 Å². The summed E-state index contributed by atoms with van der Waals surface area (Å²) in [6.07, 6.45) is 0. The minimum Gasteiger partial charge on any atom is -0.461 e. The molecule has 0 spiro atoms. The molecule has 4 amide bonds. The molecule has 0 radical (unpaired) electrons. The molecule has 3 rings (SSSR count). The quantitative estimate of drug-likeness (QED) is 0.376. The molecule has 0 bridgehead atoms. The number of para-hydroxylation sites is 1. The maximum atomic E-state index is 12.9. The van der Waals surface area contributed by atoms with Crippen molar-refractivity contribution in [3.8, 4) is 0 Å². The van der Waals surface area contributed by atoms with Crippen molar-refractivity contribution in [3.63, 3.8) is 0 Å². The number of nitrogens with one attached hydrogen (secondary N) is 3. The van der Waals surface area contributed by atoms with E-state index >= 15 is 0 Å². The van der Waals surface area contributed by atoms with Gasteiger partial charge in [0.2, 0.25) is 5.13 Å². The fourth-order valence-electron chi connectivity index (χ4n) is 2.35. The first-order valence-electron chi connectivity index (χ1n) is 9.08. The number of hydrazine groups is 1. The molecule has 3 N–H and O–H groups in total. The van der Waals surface area contributed by atoms with Gasteiger partial charge in [-0.25, -0.2) is 24.8 Å². The molecule has 11 heteroatoms. The summed E-state index contributed by atoms with van der Waals surface area (Å²) in [7, 11) is 0. The molecule has 0 fully saturated rings. The minimum atomic E-state index is -0.699. The standard InChI is InChI=1S/C20H18ClN5O4S/c1-2-30-17(27)16-12-31-20(24-16)26(19(29)23-15-10-8-13(21)9-11-15)25-18(28)22-14-6-4-3-5-7-14/h3-12H,2H2,1H3,(H,23,29)(H2,22,25,28). The van der Waals surface area contributed by atoms with Crippen LogP contribution in [0.15, 0.2) is 60.0 Å². The molecule has 1 aromatic heterocycles. The number of esters is 1. The number of carbonyl (C=O) groups excluding carboxylic acids is 3. The van der Waals surface area contributed by atoms with E-state index in [4.69, 9.17) is 16.3 Å². The van der Waals surface area contributed by atoms with Crippen LogP contribution in [0.2, 0.25) is 5.02 Å². The lowest BCUT2D eigenvalue weighted by Gasteiger charge is -2.21. The summed E-state index contributed by atoms with van der Waals surface area (Å²) in [5, 5.41) is 8.17. The van der Waals surface area contributed by atoms with Gasteiger partial charge in [-0.1, -0.05) is 29.8 Å². The van der Waals surface area contributed by atoms with Gasteiger partial charge in [-0.2, -0.15) is 5.01 Å². The maximum absolute atomic E-state index is 12.9. The zero-order valence-electron chi connectivity index (χ0n) is 16.3. The third kappa shape index (κ3) is 6.17. The van der Waals surface area contributed by atoms with Crippen LogP contribution in [-0.2, 0) is 4.74 Å². The molecule has 0 saturated carbocycles. The van der Waals surface area contributed by atoms with Crippen molar-refractivity contribution in [2.24, 2.45) is 0 Å². The number of nitrogens with zero attached hydrogens (tertiary/aromatic N) is 2. The topological polar surface area (TPSA) is 113 Å². The number of anilines is 3. The minimum absolute atomic E-state index is 0.0245. The van der Waals surface area contributed by atoms with Crippen molar-refractivity contribution in [3.05, 3.63) is 70.7 Å². The smallest absolute Gasteiger partial charge is 0.357 e. The van der Waals surface area contributed by atoms with Gasteiger partial charge in [0.05, 0.1) is 6.61 Å². The van der Waals surface area contributed by atoms with Crippen LogP contribution in [0, 0.1) is 0 Å². The third-order valence-electron chi connectivity index (χ3n) is 3.71. The Hall–Kier alpha value is -3.63. The molecule has 31 heavy (non-hydrogen) atoms. The largest absolute Gasteiger partial charge is 0.461 e. The summed E-state index contributed by atoms with van der Waals surface area (Å²) in [6, 6.07) is 13.8. The SMILES string of the molecule is CCOC(=O)c1csc(N(NC(=O)Nc2ccccc2)C(=O)Nc2ccc(Cl)cc2)n1. The van der Waals surface area contributed by atoms with E-state index in [9.17, 15) is 14.4 Å². The Morgan fingerprint density at radius 2 is 1.71 bits per heavy atom. The summed E-state index contributed by atoms with van der Waals surface area (Å²) < 4.78 is 4.92. The van der Waals surface area contributed by atoms with E-state index < -0.39 is 18.0 Å². The number of hydrogen-bond acceptors (Lipinski definition) is 6. The zero-order valence-corrected chi connectivity index (χ0v) is 17.9. The number of aromatic nitrogens is 1. The Balaban J connectivity index is 1.80. The Bertz CT molecular complexity index is 1060. The van der Waals surface area contributed by atoms with Gasteiger partial charge in [0, 0.05) is 21.8 Å². The fraction of sp³-hybridized carbons (Fsp3) is 0.100. The molecule has 0 saturated heterocycles. The Labute approximate surface area is 187 Å². The van der Waals surface area contributed by atoms with E-state index in [-0.39, 0.29) is 17.4 Å². The molecule has 0 unspecified atom stereocenters. The number of hydrogen-bond donors (Lipinski definition) is 3. The van der Waals surface area contributed by atoms with E-state index in [1.54, 1.807) is 61.5 Å². The van der Waals surface area contributed by atoms with Gasteiger partial charge >= 0.3 is 18.0 Å². The van der Waals surface area contributed by atoms with Gasteiger partial charge in [-0.05, 0) is 43.3 Å². The van der Waals surface area contributed by atoms with Gasteiger partial charge in [0.15, 0.2) is 5.69 Å². The van der Waals surface area contributed by atoms with Crippen LogP contribution in [0.25, 0.3) is 0 Å². The summed E-state index contributed by atoms with van der Waals surface area (Å²) >= 11 is 6.86. The summed E-state index contributed by atoms with van der Waals surface area (Å²) in [4.78, 5) is 41.4. The van der Waals surface area contributed by atoms with Crippen molar-refractivity contribution in [2.75, 3.05) is 22.2 Å². The van der Waals surface area contributed by atoms with E-state index in [2.05, 4.69) is 21.0 Å². The number of urea groups is 2. The predicted molar refractivity (Wildman–Crippen MR) is 120 cm³/mol. The van der Waals surface area contributed by atoms with E-state index in [1.807, 2.05) is 0 Å². The van der Waals surface area contributed by atoms with Crippen LogP contribution < -0.4 is 21.1 Å². The number of ether oxygens (including phenoxy) is 1. The highest BCUT2D eigenvalue weighted by Crippen LogP contribution is 2.22. The van der Waals surface area contributed by atoms with E-state index in [0.717, 1.165) is 16.3 Å². The van der Waals surface area contributed by atoms with Crippen molar-refractivity contribution < 1.29 is 19.1 Å². The van der Waals surface area contributed by atoms with Crippen molar-refractivity contribution >= 4 is 57.5 Å². The average molecular weight is 460 g/mol. The Kier molecular flexibility index (Phi) is 7.41. The van der Waals surface area contributed by atoms with Gasteiger partial charge in [0.1, 0.15) is 0 Å². The summed E-state index contributed by atoms with van der Waals surface area (Å²) in [5.41, 5.74) is 3.45. The second-order valence-electron chi connectivity index (χ2n) is 5.94. The zero-order chi connectivity index (χ0) is 22.2. The Morgan fingerprint density at radius 3 is 2.39 bits per heavy atom. The molecular formula is C20H18ClN5O4S. The molecular weight excluding hydrogens is 442 g/mol. The molecule has 2 aromatic carbocycles. The highest BCUT2D eigenvalue weighted by atomic mass is 35.5. The predicted octanol–water partition coefficient (Wildman–Crippen LogP) is 4.75. The summed E-state index contributed by atoms with van der Waals surface area (Å²) in [6.45, 7) is 1.86. The van der Waals surface area contributed by atoms with E-state index in [0.29, 0.717) is 16.4 Å². The van der Waals surface area contributed by atoms with Crippen molar-refractivity contribution in [1.29, 1.82) is 0 Å². The van der Waals surface area contributed by atoms with Gasteiger partial charge in [-0.3, -0.25) is 0 Å². The molecule has 0 aliphatic rings. The molecule has 160 valence electrons. The third-order valence-corrected chi connectivity index (χ3v) is 4.79. The number of thiazole rings is 1. The van der Waals surface area contributed by atoms with Crippen LogP contribution in [0.3, 0.4) is 0 Å². The number of amides is 4. The Morgan fingerprint density at radius 1 is 1.03 bits per heavy atom. The monoisotopic (exact) mass is 459 g/mol. The molecule has 3 aromatic rings. The fourth-order valence-corrected chi connectivity index (χ4v) is 3.22. The number of benzene rings is 2. The first kappa shape index (κ1) is 22.1. The first-order chi connectivity index (χ1) is 15.0. The van der Waals surface area contributed by atoms with Gasteiger partial charge < -0.3 is 15.4 Å². The highest BCUT2D eigenvalue weighted by molar-refractivity contribution is 7.14. The molecule has 0 aliphatic carbocycles. The van der Waals surface area contributed by atoms with Crippen LogP contribution in [0.4, 0.5) is 26.1 Å². The lowest BCUT2D eigenvalue weighted by atomic mass is 10.3. The highest BCUT2D eigenvalue weighted by Gasteiger charge is 2.24. The van der Waals surface area contributed by atoms with Gasteiger partial charge in [-0.15, -0.1) is 11.3 Å². The van der Waals surface area contributed by atoms with Crippen LogP contribution in [0.5, 0.6) is 0 Å². The molecule has 0 atom stereocenters. The van der Waals surface area contributed by atoms with Gasteiger partial charge in [0.25, 0.3) is 0 Å². The molecule has 9 nitrogen and oxygen atoms in total. The van der Waals surface area contributed by atoms with E-state index in [1.165, 1.54) is 5.38 Å². The lowest BCUT2D eigenvalue weighted by Crippen LogP contribution is -2.50. The molecule has 0 aliphatic heterocycles. The number of halogens is 1.